The smallest absolute Gasteiger partial charge is 0.251 e. The van der Waals surface area contributed by atoms with E-state index < -0.39 is 0 Å². The molecule has 2 atom stereocenters. The largest absolute Gasteiger partial charge is 0.346 e. The van der Waals surface area contributed by atoms with Crippen molar-refractivity contribution in [3.63, 3.8) is 0 Å². The second-order valence-electron chi connectivity index (χ2n) is 8.00. The van der Waals surface area contributed by atoms with E-state index in [4.69, 9.17) is 0 Å². The highest BCUT2D eigenvalue weighted by atomic mass is 32.1. The molecule has 2 aromatic carbocycles. The van der Waals surface area contributed by atoms with E-state index in [0.717, 1.165) is 34.1 Å². The number of aromatic nitrogens is 2. The van der Waals surface area contributed by atoms with Crippen LogP contribution in [0, 0.1) is 5.92 Å². The Kier molecular flexibility index (Phi) is 8.31. The van der Waals surface area contributed by atoms with Gasteiger partial charge in [-0.05, 0) is 65.8 Å². The van der Waals surface area contributed by atoms with Gasteiger partial charge < -0.3 is 10.6 Å². The Bertz CT molecular complexity index is 1280. The number of amides is 2. The summed E-state index contributed by atoms with van der Waals surface area (Å²) in [5, 5.41) is 7.99. The van der Waals surface area contributed by atoms with Gasteiger partial charge in [0, 0.05) is 41.1 Å². The molecule has 4 aromatic rings. The van der Waals surface area contributed by atoms with Crippen molar-refractivity contribution >= 4 is 55.3 Å². The number of nitrogens with one attached hydrogen (secondary N) is 2. The third-order valence-corrected chi connectivity index (χ3v) is 5.79. The molecule has 8 heteroatoms. The maximum atomic E-state index is 12.7. The van der Waals surface area contributed by atoms with Crippen LogP contribution in [0.2, 0.25) is 0 Å². The van der Waals surface area contributed by atoms with Crippen molar-refractivity contribution in [1.82, 2.24) is 15.3 Å². The van der Waals surface area contributed by atoms with E-state index in [1.165, 1.54) is 0 Å². The van der Waals surface area contributed by atoms with E-state index >= 15 is 0 Å². The Morgan fingerprint density at radius 3 is 2.50 bits per heavy atom. The number of carbonyl (C=O) groups excluding carboxylic acids is 2. The van der Waals surface area contributed by atoms with Gasteiger partial charge in [0.1, 0.15) is 0 Å². The third-order valence-electron chi connectivity index (χ3n) is 5.79. The second kappa shape index (κ2) is 11.2. The first-order chi connectivity index (χ1) is 15.7. The number of anilines is 1. The molecular formula is C26H26N4O2S2. The Hall–Kier alpha value is -3.36. The molecule has 1 aliphatic rings. The summed E-state index contributed by atoms with van der Waals surface area (Å²) >= 11 is 0. The SMILES string of the molecule is O=C(NCc1ccccn1)c1ccc([C@H]2C[C@@H]2C(=O)Nc2ccc3cnccc3c2)cc1.S.S. The van der Waals surface area contributed by atoms with Crippen LogP contribution < -0.4 is 10.6 Å². The number of fused-ring (bicyclic) bond motifs is 1. The predicted octanol–water partition coefficient (Wildman–Crippen LogP) is 4.53. The zero-order valence-corrected chi connectivity index (χ0v) is 20.4. The zero-order valence-electron chi connectivity index (χ0n) is 18.4. The molecule has 1 saturated carbocycles. The number of nitrogens with zero attached hydrogens (tertiary/aromatic N) is 2. The van der Waals surface area contributed by atoms with E-state index in [9.17, 15) is 9.59 Å². The molecule has 0 saturated heterocycles. The van der Waals surface area contributed by atoms with Gasteiger partial charge in [0.2, 0.25) is 5.91 Å². The highest BCUT2D eigenvalue weighted by Crippen LogP contribution is 2.48. The summed E-state index contributed by atoms with van der Waals surface area (Å²) < 4.78 is 0. The molecule has 6 nitrogen and oxygen atoms in total. The number of hydrogen-bond donors (Lipinski definition) is 2. The summed E-state index contributed by atoms with van der Waals surface area (Å²) in [5.74, 6) is 0.0247. The first-order valence-electron chi connectivity index (χ1n) is 10.6. The van der Waals surface area contributed by atoms with Gasteiger partial charge >= 0.3 is 0 Å². The van der Waals surface area contributed by atoms with Gasteiger partial charge in [0.25, 0.3) is 5.91 Å². The highest BCUT2D eigenvalue weighted by molar-refractivity contribution is 7.59. The molecule has 0 radical (unpaired) electrons. The van der Waals surface area contributed by atoms with E-state index in [1.807, 2.05) is 66.7 Å². The molecule has 34 heavy (non-hydrogen) atoms. The summed E-state index contributed by atoms with van der Waals surface area (Å²) in [6.07, 6.45) is 6.07. The van der Waals surface area contributed by atoms with Gasteiger partial charge in [-0.25, -0.2) is 0 Å². The van der Waals surface area contributed by atoms with Gasteiger partial charge in [-0.3, -0.25) is 19.6 Å². The molecule has 5 rings (SSSR count). The highest BCUT2D eigenvalue weighted by Gasteiger charge is 2.43. The zero-order chi connectivity index (χ0) is 21.9. The molecule has 2 amide bonds. The number of hydrogen-bond acceptors (Lipinski definition) is 4. The second-order valence-corrected chi connectivity index (χ2v) is 8.00. The van der Waals surface area contributed by atoms with Crippen molar-refractivity contribution in [1.29, 1.82) is 0 Å². The monoisotopic (exact) mass is 490 g/mol. The van der Waals surface area contributed by atoms with Crippen molar-refractivity contribution in [2.45, 2.75) is 18.9 Å². The molecule has 1 fully saturated rings. The van der Waals surface area contributed by atoms with Gasteiger partial charge in [0.15, 0.2) is 0 Å². The molecular weight excluding hydrogens is 464 g/mol. The number of carbonyl (C=O) groups is 2. The van der Waals surface area contributed by atoms with Crippen LogP contribution in [0.4, 0.5) is 5.69 Å². The summed E-state index contributed by atoms with van der Waals surface area (Å²) in [4.78, 5) is 33.4. The summed E-state index contributed by atoms with van der Waals surface area (Å²) in [6.45, 7) is 0.386. The molecule has 2 N–H and O–H groups in total. The standard InChI is InChI=1S/C26H22N4O2.2H2S/c31-25(29-16-22-3-1-2-11-28-22)18-6-4-17(5-7-18)23-14-24(23)26(32)30-21-9-8-20-15-27-12-10-19(20)13-21;;/h1-13,15,23-24H,14,16H2,(H,29,31)(H,30,32);2*1H2/t23-,24+;;/m1../s1. The summed E-state index contributed by atoms with van der Waals surface area (Å²) in [7, 11) is 0. The minimum Gasteiger partial charge on any atom is -0.346 e. The average Bonchev–Trinajstić information content (AvgIpc) is 3.64. The Labute approximate surface area is 212 Å². The van der Waals surface area contributed by atoms with Crippen LogP contribution in [0.5, 0.6) is 0 Å². The summed E-state index contributed by atoms with van der Waals surface area (Å²) in [5.41, 5.74) is 3.28. The molecule has 2 aromatic heterocycles. The van der Waals surface area contributed by atoms with Crippen LogP contribution in [-0.4, -0.2) is 21.8 Å². The maximum absolute atomic E-state index is 12.7. The Morgan fingerprint density at radius 1 is 0.912 bits per heavy atom. The molecule has 2 heterocycles. The van der Waals surface area contributed by atoms with Crippen LogP contribution in [0.15, 0.2) is 85.3 Å². The third kappa shape index (κ3) is 5.76. The van der Waals surface area contributed by atoms with Crippen LogP contribution in [0.1, 0.15) is 34.0 Å². The van der Waals surface area contributed by atoms with Crippen LogP contribution in [-0.2, 0) is 11.3 Å². The van der Waals surface area contributed by atoms with Crippen molar-refractivity contribution < 1.29 is 9.59 Å². The molecule has 1 aliphatic carbocycles. The van der Waals surface area contributed by atoms with Crippen molar-refractivity contribution in [2.24, 2.45) is 5.92 Å². The van der Waals surface area contributed by atoms with Crippen molar-refractivity contribution in [3.05, 3.63) is 102 Å². The molecule has 0 spiro atoms. The Morgan fingerprint density at radius 2 is 1.74 bits per heavy atom. The quantitative estimate of drug-likeness (QED) is 0.416. The van der Waals surface area contributed by atoms with E-state index in [1.54, 1.807) is 18.6 Å². The minimum absolute atomic E-state index is 0. The molecule has 0 aliphatic heterocycles. The van der Waals surface area contributed by atoms with E-state index in [-0.39, 0.29) is 50.6 Å². The van der Waals surface area contributed by atoms with Crippen LogP contribution >= 0.6 is 27.0 Å². The first kappa shape index (κ1) is 25.3. The Balaban J connectivity index is 0.00000162. The van der Waals surface area contributed by atoms with E-state index in [2.05, 4.69) is 20.6 Å². The topological polar surface area (TPSA) is 84.0 Å². The number of benzene rings is 2. The first-order valence-corrected chi connectivity index (χ1v) is 10.6. The van der Waals surface area contributed by atoms with Crippen molar-refractivity contribution in [3.8, 4) is 0 Å². The summed E-state index contributed by atoms with van der Waals surface area (Å²) in [6, 6.07) is 20.9. The number of pyridine rings is 2. The minimum atomic E-state index is -0.140. The number of rotatable bonds is 6. The lowest BCUT2D eigenvalue weighted by atomic mass is 10.1. The van der Waals surface area contributed by atoms with Crippen molar-refractivity contribution in [2.75, 3.05) is 5.32 Å². The van der Waals surface area contributed by atoms with Gasteiger partial charge in [0.05, 0.1) is 12.2 Å². The lowest BCUT2D eigenvalue weighted by Crippen LogP contribution is -2.23. The van der Waals surface area contributed by atoms with Gasteiger partial charge in [-0.1, -0.05) is 24.3 Å². The lowest BCUT2D eigenvalue weighted by molar-refractivity contribution is -0.117. The van der Waals surface area contributed by atoms with Crippen LogP contribution in [0.25, 0.3) is 10.8 Å². The van der Waals surface area contributed by atoms with Gasteiger partial charge in [-0.15, -0.1) is 0 Å². The predicted molar refractivity (Wildman–Crippen MR) is 144 cm³/mol. The normalized spacial score (nSPS) is 16.0. The maximum Gasteiger partial charge on any atom is 0.251 e. The van der Waals surface area contributed by atoms with Gasteiger partial charge in [-0.2, -0.15) is 27.0 Å². The lowest BCUT2D eigenvalue weighted by Gasteiger charge is -2.07. The fraction of sp³-hybridized carbons (Fsp3) is 0.154. The average molecular weight is 491 g/mol. The van der Waals surface area contributed by atoms with E-state index in [0.29, 0.717) is 12.1 Å². The fourth-order valence-corrected chi connectivity index (χ4v) is 3.91. The fourth-order valence-electron chi connectivity index (χ4n) is 3.91. The molecule has 174 valence electrons. The van der Waals surface area contributed by atoms with Crippen LogP contribution in [0.3, 0.4) is 0 Å². The molecule has 0 bridgehead atoms. The molecule has 0 unspecified atom stereocenters.